The molecule has 0 spiro atoms. The second-order valence-corrected chi connectivity index (χ2v) is 6.24. The topological polar surface area (TPSA) is 51.0 Å². The predicted octanol–water partition coefficient (Wildman–Crippen LogP) is 2.74. The molecule has 0 fully saturated rings. The molecule has 0 bridgehead atoms. The first kappa shape index (κ1) is 15.5. The van der Waals surface area contributed by atoms with Crippen LogP contribution in [0.3, 0.4) is 0 Å². The van der Waals surface area contributed by atoms with Crippen molar-refractivity contribution in [1.29, 1.82) is 0 Å². The third kappa shape index (κ3) is 2.80. The van der Waals surface area contributed by atoms with Crippen molar-refractivity contribution < 1.29 is 9.18 Å². The van der Waals surface area contributed by atoms with E-state index in [0.29, 0.717) is 13.1 Å². The highest BCUT2D eigenvalue weighted by Crippen LogP contribution is 2.34. The summed E-state index contributed by atoms with van der Waals surface area (Å²) in [4.78, 5) is 18.3. The number of carbonyl (C=O) groups is 1. The highest BCUT2D eigenvalue weighted by Gasteiger charge is 2.31. The van der Waals surface area contributed by atoms with Gasteiger partial charge in [-0.1, -0.05) is 24.3 Å². The number of pyridine rings is 1. The molecule has 2 aromatic heterocycles. The molecule has 0 N–H and O–H groups in total. The van der Waals surface area contributed by atoms with E-state index in [2.05, 4.69) is 16.1 Å². The molecule has 1 aliphatic heterocycles. The lowest BCUT2D eigenvalue weighted by atomic mass is 9.86. The summed E-state index contributed by atoms with van der Waals surface area (Å²) >= 11 is 0. The van der Waals surface area contributed by atoms with E-state index in [1.165, 1.54) is 17.8 Å². The fourth-order valence-electron chi connectivity index (χ4n) is 3.39. The third-order valence-electron chi connectivity index (χ3n) is 4.61. The van der Waals surface area contributed by atoms with E-state index in [9.17, 15) is 9.18 Å². The lowest BCUT2D eigenvalue weighted by Gasteiger charge is -2.34. The quantitative estimate of drug-likeness (QED) is 0.723. The molecule has 0 radical (unpaired) electrons. The summed E-state index contributed by atoms with van der Waals surface area (Å²) in [7, 11) is 1.87. The van der Waals surface area contributed by atoms with Crippen molar-refractivity contribution in [2.45, 2.75) is 12.5 Å². The number of fused-ring (bicyclic) bond motifs is 1. The highest BCUT2D eigenvalue weighted by atomic mass is 19.1. The number of hydrogen-bond donors (Lipinski definition) is 0. The fourth-order valence-corrected chi connectivity index (χ4v) is 3.39. The maximum atomic E-state index is 14.0. The Labute approximate surface area is 144 Å². The second kappa shape index (κ2) is 6.12. The van der Waals surface area contributed by atoms with E-state index in [4.69, 9.17) is 0 Å². The first-order valence-corrected chi connectivity index (χ1v) is 8.08. The summed E-state index contributed by atoms with van der Waals surface area (Å²) in [5.74, 6) is -0.889. The van der Waals surface area contributed by atoms with Gasteiger partial charge in [-0.3, -0.25) is 14.5 Å². The normalized spacial score (nSPS) is 16.6. The molecule has 25 heavy (non-hydrogen) atoms. The highest BCUT2D eigenvalue weighted by molar-refractivity contribution is 5.94. The number of aromatic nitrogens is 3. The molecule has 0 saturated carbocycles. The van der Waals surface area contributed by atoms with Gasteiger partial charge in [0.15, 0.2) is 5.82 Å². The third-order valence-corrected chi connectivity index (χ3v) is 4.61. The molecular formula is C19H17FN4O. The molecule has 1 aliphatic rings. The molecule has 6 heteroatoms. The van der Waals surface area contributed by atoms with E-state index in [0.717, 1.165) is 17.3 Å². The summed E-state index contributed by atoms with van der Waals surface area (Å²) < 4.78 is 15.7. The summed E-state index contributed by atoms with van der Waals surface area (Å²) in [6, 6.07) is 9.49. The van der Waals surface area contributed by atoms with Gasteiger partial charge in [-0.05, 0) is 22.8 Å². The summed E-state index contributed by atoms with van der Waals surface area (Å²) in [6.45, 7) is 0.955. The Balaban J connectivity index is 1.73. The molecule has 3 aromatic rings. The molecule has 1 atom stereocenters. The molecule has 5 nitrogen and oxygen atoms in total. The van der Waals surface area contributed by atoms with E-state index < -0.39 is 5.82 Å². The molecule has 126 valence electrons. The van der Waals surface area contributed by atoms with Crippen LogP contribution in [0.4, 0.5) is 4.39 Å². The largest absolute Gasteiger partial charge is 0.333 e. The van der Waals surface area contributed by atoms with Crippen molar-refractivity contribution in [2.24, 2.45) is 7.05 Å². The van der Waals surface area contributed by atoms with Gasteiger partial charge in [0.1, 0.15) is 0 Å². The number of halogens is 1. The monoisotopic (exact) mass is 336 g/mol. The average molecular weight is 336 g/mol. The van der Waals surface area contributed by atoms with Crippen molar-refractivity contribution in [3.05, 3.63) is 83.2 Å². The minimum atomic E-state index is -0.593. The Hall–Kier alpha value is -3.02. The van der Waals surface area contributed by atoms with Crippen LogP contribution in [0.25, 0.3) is 0 Å². The molecule has 0 aliphatic carbocycles. The molecule has 1 aromatic carbocycles. The molecule has 4 rings (SSSR count). The van der Waals surface area contributed by atoms with Crippen LogP contribution in [-0.2, 0) is 13.6 Å². The van der Waals surface area contributed by atoms with E-state index in [1.807, 2.05) is 37.6 Å². The van der Waals surface area contributed by atoms with E-state index >= 15 is 0 Å². The number of rotatable bonds is 2. The van der Waals surface area contributed by atoms with Crippen molar-refractivity contribution in [3.63, 3.8) is 0 Å². The van der Waals surface area contributed by atoms with Gasteiger partial charge in [0.05, 0.1) is 18.0 Å². The zero-order valence-electron chi connectivity index (χ0n) is 13.8. The lowest BCUT2D eigenvalue weighted by molar-refractivity contribution is 0.0720. The van der Waals surface area contributed by atoms with Crippen molar-refractivity contribution >= 4 is 5.91 Å². The van der Waals surface area contributed by atoms with Gasteiger partial charge in [0.2, 0.25) is 0 Å². The minimum absolute atomic E-state index is 0.0208. The fraction of sp³-hybridized carbons (Fsp3) is 0.211. The summed E-state index contributed by atoms with van der Waals surface area (Å²) in [6.07, 6.45) is 6.29. The zero-order chi connectivity index (χ0) is 17.4. The van der Waals surface area contributed by atoms with Gasteiger partial charge in [0.25, 0.3) is 5.91 Å². The molecule has 1 amide bonds. The molecule has 3 heterocycles. The Morgan fingerprint density at radius 3 is 2.84 bits per heavy atom. The van der Waals surface area contributed by atoms with Crippen LogP contribution >= 0.6 is 0 Å². The Kier molecular flexibility index (Phi) is 3.80. The van der Waals surface area contributed by atoms with Crippen LogP contribution in [0.2, 0.25) is 0 Å². The van der Waals surface area contributed by atoms with Crippen molar-refractivity contribution in [1.82, 2.24) is 19.7 Å². The SMILES string of the molecule is Cn1cc([C@H]2CN(C(=O)c3ccncc3F)Cc3ccccc32)cn1. The Bertz CT molecular complexity index is 936. The summed E-state index contributed by atoms with van der Waals surface area (Å²) in [5, 5.41) is 4.25. The number of carbonyl (C=O) groups excluding carboxylic acids is 1. The number of hydrogen-bond acceptors (Lipinski definition) is 3. The predicted molar refractivity (Wildman–Crippen MR) is 90.4 cm³/mol. The van der Waals surface area contributed by atoms with Gasteiger partial charge in [-0.25, -0.2) is 4.39 Å². The van der Waals surface area contributed by atoms with Gasteiger partial charge < -0.3 is 4.90 Å². The van der Waals surface area contributed by atoms with Gasteiger partial charge in [-0.2, -0.15) is 5.10 Å². The Morgan fingerprint density at radius 1 is 1.24 bits per heavy atom. The van der Waals surface area contributed by atoms with Crippen LogP contribution in [0.5, 0.6) is 0 Å². The maximum absolute atomic E-state index is 14.0. The average Bonchev–Trinajstić information content (AvgIpc) is 3.07. The van der Waals surface area contributed by atoms with Crippen molar-refractivity contribution in [2.75, 3.05) is 6.54 Å². The van der Waals surface area contributed by atoms with Crippen LogP contribution < -0.4 is 0 Å². The molecule has 0 saturated heterocycles. The van der Waals surface area contributed by atoms with Crippen LogP contribution in [0, 0.1) is 5.82 Å². The Morgan fingerprint density at radius 2 is 2.08 bits per heavy atom. The number of amides is 1. The van der Waals surface area contributed by atoms with Crippen LogP contribution in [0.15, 0.2) is 55.1 Å². The minimum Gasteiger partial charge on any atom is -0.333 e. The number of benzene rings is 1. The van der Waals surface area contributed by atoms with Gasteiger partial charge in [0, 0.05) is 38.4 Å². The summed E-state index contributed by atoms with van der Waals surface area (Å²) in [5.41, 5.74) is 3.36. The number of nitrogens with zero attached hydrogens (tertiary/aromatic N) is 4. The van der Waals surface area contributed by atoms with Crippen LogP contribution in [-0.4, -0.2) is 32.1 Å². The van der Waals surface area contributed by atoms with Crippen molar-refractivity contribution in [3.8, 4) is 0 Å². The molecular weight excluding hydrogens is 319 g/mol. The van der Waals surface area contributed by atoms with Crippen LogP contribution in [0.1, 0.15) is 33.0 Å². The van der Waals surface area contributed by atoms with Gasteiger partial charge in [-0.15, -0.1) is 0 Å². The van der Waals surface area contributed by atoms with E-state index in [1.54, 1.807) is 9.58 Å². The standard InChI is InChI=1S/C19H17FN4O/c1-23-10-14(8-22-23)17-12-24(11-13-4-2-3-5-15(13)17)19(25)16-6-7-21-9-18(16)20/h2-10,17H,11-12H2,1H3/t17-/m1/s1. The second-order valence-electron chi connectivity index (χ2n) is 6.24. The first-order valence-electron chi connectivity index (χ1n) is 8.08. The van der Waals surface area contributed by atoms with E-state index in [-0.39, 0.29) is 17.4 Å². The smallest absolute Gasteiger partial charge is 0.257 e. The lowest BCUT2D eigenvalue weighted by Crippen LogP contribution is -2.39. The van der Waals surface area contributed by atoms with Gasteiger partial charge >= 0.3 is 0 Å². The maximum Gasteiger partial charge on any atom is 0.257 e. The molecule has 0 unspecified atom stereocenters. The zero-order valence-corrected chi connectivity index (χ0v) is 13.8. The first-order chi connectivity index (χ1) is 12.1. The number of aryl methyl sites for hydroxylation is 1.